The Hall–Kier alpha value is -2.30. The Morgan fingerprint density at radius 1 is 1.30 bits per heavy atom. The number of aromatic nitrogens is 2. The summed E-state index contributed by atoms with van der Waals surface area (Å²) in [5, 5.41) is 23.5. The van der Waals surface area contributed by atoms with Crippen LogP contribution in [0.15, 0.2) is 24.4 Å². The fourth-order valence-corrected chi connectivity index (χ4v) is 2.22. The zero-order chi connectivity index (χ0) is 15.1. The zero-order valence-electron chi connectivity index (χ0n) is 12.0. The summed E-state index contributed by atoms with van der Waals surface area (Å²) in [4.78, 5) is 11.3. The smallest absolute Gasteiger partial charge is 0.339 e. The molecular formula is C15H18N2O3. The minimum absolute atomic E-state index is 0.0792. The van der Waals surface area contributed by atoms with Gasteiger partial charge in [0.1, 0.15) is 17.0 Å². The zero-order valence-corrected chi connectivity index (χ0v) is 12.0. The number of aromatic carboxylic acids is 1. The number of hydrogen-bond acceptors (Lipinski definition) is 3. The summed E-state index contributed by atoms with van der Waals surface area (Å²) in [6.45, 7) is 7.62. The van der Waals surface area contributed by atoms with Crippen LogP contribution in [0.5, 0.6) is 5.75 Å². The van der Waals surface area contributed by atoms with Gasteiger partial charge in [-0.05, 0) is 24.6 Å². The first-order chi connectivity index (χ1) is 9.21. The molecule has 0 spiro atoms. The average molecular weight is 274 g/mol. The van der Waals surface area contributed by atoms with Crippen molar-refractivity contribution >= 4 is 5.97 Å². The largest absolute Gasteiger partial charge is 0.506 e. The summed E-state index contributed by atoms with van der Waals surface area (Å²) in [5.41, 5.74) is 1.70. The van der Waals surface area contributed by atoms with Gasteiger partial charge in [0, 0.05) is 5.41 Å². The molecule has 0 aliphatic rings. The van der Waals surface area contributed by atoms with Crippen LogP contribution < -0.4 is 0 Å². The second kappa shape index (κ2) is 4.67. The molecule has 0 saturated carbocycles. The lowest BCUT2D eigenvalue weighted by Gasteiger charge is -2.22. The molecule has 0 radical (unpaired) electrons. The van der Waals surface area contributed by atoms with Crippen LogP contribution in [0, 0.1) is 6.92 Å². The van der Waals surface area contributed by atoms with Crippen LogP contribution in [0.1, 0.15) is 42.4 Å². The Labute approximate surface area is 117 Å². The predicted molar refractivity (Wildman–Crippen MR) is 75.6 cm³/mol. The summed E-state index contributed by atoms with van der Waals surface area (Å²) in [7, 11) is 0. The molecule has 0 saturated heterocycles. The van der Waals surface area contributed by atoms with E-state index in [0.29, 0.717) is 11.4 Å². The fourth-order valence-electron chi connectivity index (χ4n) is 2.22. The monoisotopic (exact) mass is 274 g/mol. The highest BCUT2D eigenvalue weighted by Gasteiger charge is 2.28. The Kier molecular flexibility index (Phi) is 3.29. The van der Waals surface area contributed by atoms with E-state index in [2.05, 4.69) is 5.10 Å². The molecule has 2 N–H and O–H groups in total. The van der Waals surface area contributed by atoms with Crippen molar-refractivity contribution < 1.29 is 15.0 Å². The van der Waals surface area contributed by atoms with Crippen LogP contribution in [0.4, 0.5) is 0 Å². The number of carbonyl (C=O) groups is 1. The van der Waals surface area contributed by atoms with E-state index in [4.69, 9.17) is 0 Å². The molecule has 0 aliphatic heterocycles. The number of rotatable bonds is 2. The van der Waals surface area contributed by atoms with Crippen molar-refractivity contribution in [3.8, 4) is 11.4 Å². The van der Waals surface area contributed by atoms with Crippen LogP contribution in [0.2, 0.25) is 0 Å². The van der Waals surface area contributed by atoms with E-state index in [-0.39, 0.29) is 11.3 Å². The molecule has 0 fully saturated rings. The van der Waals surface area contributed by atoms with E-state index < -0.39 is 11.4 Å². The molecule has 0 aliphatic carbocycles. The molecule has 5 nitrogen and oxygen atoms in total. The quantitative estimate of drug-likeness (QED) is 0.883. The van der Waals surface area contributed by atoms with E-state index in [0.717, 1.165) is 5.56 Å². The number of carboxylic acids is 1. The van der Waals surface area contributed by atoms with Crippen molar-refractivity contribution in [2.24, 2.45) is 0 Å². The lowest BCUT2D eigenvalue weighted by molar-refractivity contribution is 0.0694. The van der Waals surface area contributed by atoms with E-state index in [9.17, 15) is 15.0 Å². The Bertz CT molecular complexity index is 666. The van der Waals surface area contributed by atoms with Crippen molar-refractivity contribution in [1.82, 2.24) is 9.78 Å². The van der Waals surface area contributed by atoms with Crippen LogP contribution >= 0.6 is 0 Å². The number of nitrogens with zero attached hydrogens (tertiary/aromatic N) is 2. The predicted octanol–water partition coefficient (Wildman–Crippen LogP) is 2.88. The molecule has 0 unspecified atom stereocenters. The summed E-state index contributed by atoms with van der Waals surface area (Å²) < 4.78 is 1.50. The Balaban J connectivity index is 2.72. The average Bonchev–Trinajstić information content (AvgIpc) is 2.73. The van der Waals surface area contributed by atoms with Gasteiger partial charge in [0.25, 0.3) is 0 Å². The molecule has 20 heavy (non-hydrogen) atoms. The molecule has 5 heteroatoms. The Morgan fingerprint density at radius 2 is 1.95 bits per heavy atom. The number of aromatic hydroxyl groups is 1. The number of aryl methyl sites for hydroxylation is 1. The van der Waals surface area contributed by atoms with E-state index in [1.807, 2.05) is 33.8 Å². The van der Waals surface area contributed by atoms with Crippen molar-refractivity contribution in [2.45, 2.75) is 33.1 Å². The van der Waals surface area contributed by atoms with Gasteiger partial charge < -0.3 is 10.2 Å². The van der Waals surface area contributed by atoms with Gasteiger partial charge in [0.05, 0.1) is 11.9 Å². The summed E-state index contributed by atoms with van der Waals surface area (Å²) in [6.07, 6.45) is 1.32. The number of benzene rings is 1. The van der Waals surface area contributed by atoms with Crippen LogP contribution in [-0.2, 0) is 5.41 Å². The van der Waals surface area contributed by atoms with Crippen LogP contribution in [0.25, 0.3) is 5.69 Å². The number of phenolic OH excluding ortho intramolecular Hbond substituents is 1. The van der Waals surface area contributed by atoms with Crippen LogP contribution in [0.3, 0.4) is 0 Å². The standard InChI is InChI=1S/C15H18N2O3/c1-9-5-6-11(12(18)7-9)17-13(15(2,3)4)10(8-16-17)14(19)20/h5-8,18H,1-4H3,(H,19,20). The van der Waals surface area contributed by atoms with Crippen molar-refractivity contribution in [2.75, 3.05) is 0 Å². The summed E-state index contributed by atoms with van der Waals surface area (Å²) in [6, 6.07) is 5.21. The van der Waals surface area contributed by atoms with Gasteiger partial charge >= 0.3 is 5.97 Å². The van der Waals surface area contributed by atoms with Gasteiger partial charge in [-0.1, -0.05) is 26.8 Å². The second-order valence-electron chi connectivity index (χ2n) is 5.87. The van der Waals surface area contributed by atoms with Gasteiger partial charge in [-0.3, -0.25) is 0 Å². The molecule has 1 aromatic carbocycles. The third-order valence-corrected chi connectivity index (χ3v) is 3.07. The normalized spacial score (nSPS) is 11.6. The van der Waals surface area contributed by atoms with Gasteiger partial charge in [-0.2, -0.15) is 5.10 Å². The first-order valence-electron chi connectivity index (χ1n) is 6.33. The molecule has 2 aromatic rings. The van der Waals surface area contributed by atoms with Gasteiger partial charge in [-0.25, -0.2) is 9.48 Å². The SMILES string of the molecule is Cc1ccc(-n2ncc(C(=O)O)c2C(C)(C)C)c(O)c1. The maximum atomic E-state index is 11.3. The van der Waals surface area contributed by atoms with Crippen LogP contribution in [-0.4, -0.2) is 26.0 Å². The highest BCUT2D eigenvalue weighted by atomic mass is 16.4. The molecule has 1 heterocycles. The molecule has 0 atom stereocenters. The minimum atomic E-state index is -1.02. The maximum Gasteiger partial charge on any atom is 0.339 e. The molecule has 0 amide bonds. The highest BCUT2D eigenvalue weighted by molar-refractivity contribution is 5.89. The van der Waals surface area contributed by atoms with Crippen molar-refractivity contribution in [3.63, 3.8) is 0 Å². The third kappa shape index (κ3) is 2.39. The Morgan fingerprint density at radius 3 is 2.45 bits per heavy atom. The molecule has 1 aromatic heterocycles. The van der Waals surface area contributed by atoms with Gasteiger partial charge in [-0.15, -0.1) is 0 Å². The fraction of sp³-hybridized carbons (Fsp3) is 0.333. The van der Waals surface area contributed by atoms with E-state index in [1.165, 1.54) is 10.9 Å². The molecule has 0 bridgehead atoms. The lowest BCUT2D eigenvalue weighted by atomic mass is 9.89. The first-order valence-corrected chi connectivity index (χ1v) is 6.33. The molecule has 2 rings (SSSR count). The van der Waals surface area contributed by atoms with Crippen molar-refractivity contribution in [1.29, 1.82) is 0 Å². The van der Waals surface area contributed by atoms with E-state index in [1.54, 1.807) is 12.1 Å². The lowest BCUT2D eigenvalue weighted by Crippen LogP contribution is -2.21. The molecular weight excluding hydrogens is 256 g/mol. The topological polar surface area (TPSA) is 75.4 Å². The number of phenols is 1. The molecule has 106 valence electrons. The van der Waals surface area contributed by atoms with Gasteiger partial charge in [0.15, 0.2) is 0 Å². The maximum absolute atomic E-state index is 11.3. The summed E-state index contributed by atoms with van der Waals surface area (Å²) in [5.74, 6) is -0.941. The summed E-state index contributed by atoms with van der Waals surface area (Å²) >= 11 is 0. The second-order valence-corrected chi connectivity index (χ2v) is 5.87. The number of hydrogen-bond donors (Lipinski definition) is 2. The first kappa shape index (κ1) is 14.1. The third-order valence-electron chi connectivity index (χ3n) is 3.07. The van der Waals surface area contributed by atoms with Crippen molar-refractivity contribution in [3.05, 3.63) is 41.2 Å². The van der Waals surface area contributed by atoms with Gasteiger partial charge in [0.2, 0.25) is 0 Å². The minimum Gasteiger partial charge on any atom is -0.506 e. The number of carboxylic acid groups (broad SMARTS) is 1. The van der Waals surface area contributed by atoms with E-state index >= 15 is 0 Å². The highest BCUT2D eigenvalue weighted by Crippen LogP contribution is 2.31.